The first kappa shape index (κ1) is 14.4. The Balaban J connectivity index is 2.04. The zero-order valence-electron chi connectivity index (χ0n) is 10.8. The first-order valence-electron chi connectivity index (χ1n) is 6.40. The minimum Gasteiger partial charge on any atom is -0.458 e. The van der Waals surface area contributed by atoms with Crippen molar-refractivity contribution >= 4 is 11.8 Å². The number of aliphatic hydroxyl groups is 2. The fraction of sp³-hybridized carbons (Fsp3) is 0.333. The summed E-state index contributed by atoms with van der Waals surface area (Å²) in [5, 5.41) is 19.2. The van der Waals surface area contributed by atoms with Gasteiger partial charge in [-0.25, -0.2) is 4.79 Å². The van der Waals surface area contributed by atoms with E-state index in [4.69, 9.17) is 4.74 Å². The average Bonchev–Trinajstić information content (AvgIpc) is 2.46. The van der Waals surface area contributed by atoms with E-state index >= 15 is 0 Å². The van der Waals surface area contributed by atoms with Crippen LogP contribution >= 0.6 is 0 Å². The van der Waals surface area contributed by atoms with Crippen LogP contribution in [-0.4, -0.2) is 40.3 Å². The van der Waals surface area contributed by atoms with Crippen molar-refractivity contribution in [2.75, 3.05) is 0 Å². The first-order valence-corrected chi connectivity index (χ1v) is 6.40. The van der Waals surface area contributed by atoms with Crippen molar-refractivity contribution in [2.45, 2.75) is 31.2 Å². The van der Waals surface area contributed by atoms with E-state index in [1.165, 1.54) is 6.08 Å². The first-order chi connectivity index (χ1) is 9.58. The van der Waals surface area contributed by atoms with Crippen LogP contribution in [-0.2, 0) is 9.53 Å². The van der Waals surface area contributed by atoms with Crippen LogP contribution in [0.1, 0.15) is 23.2 Å². The Kier molecular flexibility index (Phi) is 4.65. The van der Waals surface area contributed by atoms with Gasteiger partial charge in [0.1, 0.15) is 12.2 Å². The number of hydrogen-bond donors (Lipinski definition) is 2. The molecule has 20 heavy (non-hydrogen) atoms. The molecule has 1 aliphatic rings. The fourth-order valence-corrected chi connectivity index (χ4v) is 2.01. The van der Waals surface area contributed by atoms with Gasteiger partial charge in [0.15, 0.2) is 5.78 Å². The second-order valence-corrected chi connectivity index (χ2v) is 4.68. The molecule has 5 heteroatoms. The molecule has 0 saturated heterocycles. The molecule has 5 nitrogen and oxygen atoms in total. The summed E-state index contributed by atoms with van der Waals surface area (Å²) in [6.07, 6.45) is -0.178. The third-order valence-corrected chi connectivity index (χ3v) is 3.12. The van der Waals surface area contributed by atoms with Gasteiger partial charge in [-0.05, 0) is 18.2 Å². The van der Waals surface area contributed by atoms with Crippen LogP contribution in [0.25, 0.3) is 0 Å². The molecule has 3 unspecified atom stereocenters. The summed E-state index contributed by atoms with van der Waals surface area (Å²) in [6, 6.07) is 8.52. The Morgan fingerprint density at radius 3 is 2.60 bits per heavy atom. The number of esters is 1. The van der Waals surface area contributed by atoms with Gasteiger partial charge < -0.3 is 14.9 Å². The standard InChI is InChI=1S/C15H16O5/c16-12-8-4-7-11(9-13(17)14(12)18)20-15(19)10-5-2-1-3-6-10/h1-6,8,11,13-14,17-18H,7,9H2. The van der Waals surface area contributed by atoms with E-state index in [0.29, 0.717) is 12.0 Å². The molecule has 2 N–H and O–H groups in total. The summed E-state index contributed by atoms with van der Waals surface area (Å²) < 4.78 is 5.29. The number of ether oxygens (including phenoxy) is 1. The second-order valence-electron chi connectivity index (χ2n) is 4.68. The van der Waals surface area contributed by atoms with E-state index in [2.05, 4.69) is 0 Å². The van der Waals surface area contributed by atoms with E-state index in [0.717, 1.165) is 0 Å². The van der Waals surface area contributed by atoms with Crippen LogP contribution in [0, 0.1) is 0 Å². The summed E-state index contributed by atoms with van der Waals surface area (Å²) in [6.45, 7) is 0. The summed E-state index contributed by atoms with van der Waals surface area (Å²) in [5.41, 5.74) is 0.421. The minimum absolute atomic E-state index is 0.0236. The number of hydrogen-bond acceptors (Lipinski definition) is 5. The van der Waals surface area contributed by atoms with E-state index in [-0.39, 0.29) is 6.42 Å². The summed E-state index contributed by atoms with van der Waals surface area (Å²) in [4.78, 5) is 23.2. The van der Waals surface area contributed by atoms with E-state index in [1.54, 1.807) is 36.4 Å². The van der Waals surface area contributed by atoms with E-state index < -0.39 is 30.1 Å². The topological polar surface area (TPSA) is 83.8 Å². The van der Waals surface area contributed by atoms with Crippen molar-refractivity contribution in [3.05, 3.63) is 48.0 Å². The Morgan fingerprint density at radius 2 is 1.90 bits per heavy atom. The van der Waals surface area contributed by atoms with Gasteiger partial charge in [-0.2, -0.15) is 0 Å². The van der Waals surface area contributed by atoms with Gasteiger partial charge in [0.25, 0.3) is 0 Å². The number of carbonyl (C=O) groups excluding carboxylic acids is 2. The molecule has 106 valence electrons. The molecule has 0 aromatic heterocycles. The highest BCUT2D eigenvalue weighted by molar-refractivity contribution is 5.94. The molecular weight excluding hydrogens is 260 g/mol. The Hall–Kier alpha value is -1.98. The molecule has 0 heterocycles. The fourth-order valence-electron chi connectivity index (χ4n) is 2.01. The van der Waals surface area contributed by atoms with Crippen LogP contribution < -0.4 is 0 Å². The maximum atomic E-state index is 11.9. The maximum Gasteiger partial charge on any atom is 0.338 e. The smallest absolute Gasteiger partial charge is 0.338 e. The van der Waals surface area contributed by atoms with Crippen LogP contribution in [0.4, 0.5) is 0 Å². The minimum atomic E-state index is -1.47. The van der Waals surface area contributed by atoms with Crippen molar-refractivity contribution in [1.29, 1.82) is 0 Å². The van der Waals surface area contributed by atoms with Gasteiger partial charge in [-0.1, -0.05) is 24.3 Å². The normalized spacial score (nSPS) is 26.7. The van der Waals surface area contributed by atoms with Crippen LogP contribution in [0.15, 0.2) is 42.5 Å². The Bertz CT molecular complexity index is 508. The van der Waals surface area contributed by atoms with Crippen molar-refractivity contribution in [3.63, 3.8) is 0 Å². The molecule has 1 aliphatic carbocycles. The monoisotopic (exact) mass is 276 g/mol. The highest BCUT2D eigenvalue weighted by Crippen LogP contribution is 2.16. The van der Waals surface area contributed by atoms with Gasteiger partial charge >= 0.3 is 5.97 Å². The summed E-state index contributed by atoms with van der Waals surface area (Å²) in [7, 11) is 0. The number of ketones is 1. The molecule has 1 aromatic rings. The van der Waals surface area contributed by atoms with Crippen molar-refractivity contribution in [2.24, 2.45) is 0 Å². The Labute approximate surface area is 116 Å². The molecule has 0 fully saturated rings. The highest BCUT2D eigenvalue weighted by Gasteiger charge is 2.28. The molecule has 0 radical (unpaired) electrons. The number of aliphatic hydroxyl groups excluding tert-OH is 2. The molecule has 0 aliphatic heterocycles. The predicted octanol–water partition coefficient (Wildman–Crippen LogP) is 0.853. The SMILES string of the molecule is O=C(OC1CC=CC(=O)C(O)C(O)C1)c1ccccc1. The maximum absolute atomic E-state index is 11.9. The summed E-state index contributed by atoms with van der Waals surface area (Å²) >= 11 is 0. The highest BCUT2D eigenvalue weighted by atomic mass is 16.5. The van der Waals surface area contributed by atoms with Crippen LogP contribution in [0.5, 0.6) is 0 Å². The lowest BCUT2D eigenvalue weighted by molar-refractivity contribution is -0.129. The molecule has 0 amide bonds. The molecular formula is C15H16O5. The number of carbonyl (C=O) groups is 2. The van der Waals surface area contributed by atoms with Gasteiger partial charge in [0.2, 0.25) is 0 Å². The van der Waals surface area contributed by atoms with Crippen LogP contribution in [0.2, 0.25) is 0 Å². The lowest BCUT2D eigenvalue weighted by Gasteiger charge is -2.23. The summed E-state index contributed by atoms with van der Waals surface area (Å²) in [5.74, 6) is -1.03. The zero-order chi connectivity index (χ0) is 14.5. The molecule has 0 bridgehead atoms. The van der Waals surface area contributed by atoms with Gasteiger partial charge in [0, 0.05) is 12.8 Å². The second kappa shape index (κ2) is 6.45. The van der Waals surface area contributed by atoms with Gasteiger partial charge in [-0.3, -0.25) is 4.79 Å². The third kappa shape index (κ3) is 3.53. The third-order valence-electron chi connectivity index (χ3n) is 3.12. The Morgan fingerprint density at radius 1 is 1.20 bits per heavy atom. The van der Waals surface area contributed by atoms with Gasteiger partial charge in [-0.15, -0.1) is 0 Å². The lowest BCUT2D eigenvalue weighted by Crippen LogP contribution is -2.37. The quantitative estimate of drug-likeness (QED) is 0.782. The molecule has 0 spiro atoms. The molecule has 3 atom stereocenters. The molecule has 0 saturated carbocycles. The van der Waals surface area contributed by atoms with E-state index in [9.17, 15) is 19.8 Å². The number of benzene rings is 1. The van der Waals surface area contributed by atoms with Crippen LogP contribution in [0.3, 0.4) is 0 Å². The predicted molar refractivity (Wildman–Crippen MR) is 71.0 cm³/mol. The molecule has 2 rings (SSSR count). The lowest BCUT2D eigenvalue weighted by atomic mass is 9.97. The van der Waals surface area contributed by atoms with Gasteiger partial charge in [0.05, 0.1) is 11.7 Å². The van der Waals surface area contributed by atoms with Crippen molar-refractivity contribution in [3.8, 4) is 0 Å². The van der Waals surface area contributed by atoms with Crippen molar-refractivity contribution in [1.82, 2.24) is 0 Å². The van der Waals surface area contributed by atoms with Crippen molar-refractivity contribution < 1.29 is 24.5 Å². The molecule has 1 aromatic carbocycles. The number of rotatable bonds is 2. The zero-order valence-corrected chi connectivity index (χ0v) is 10.8. The largest absolute Gasteiger partial charge is 0.458 e. The average molecular weight is 276 g/mol. The van der Waals surface area contributed by atoms with E-state index in [1.807, 2.05) is 0 Å².